The van der Waals surface area contributed by atoms with Gasteiger partial charge in [-0.1, -0.05) is 0 Å². The summed E-state index contributed by atoms with van der Waals surface area (Å²) in [7, 11) is 0. The van der Waals surface area contributed by atoms with E-state index in [9.17, 15) is 9.59 Å². The predicted octanol–water partition coefficient (Wildman–Crippen LogP) is -0.618. The first-order valence-electron chi connectivity index (χ1n) is 4.83. The molecule has 2 heterocycles. The van der Waals surface area contributed by atoms with Crippen molar-refractivity contribution in [1.29, 1.82) is 0 Å². The summed E-state index contributed by atoms with van der Waals surface area (Å²) < 4.78 is 0. The Morgan fingerprint density at radius 3 is 2.94 bits per heavy atom. The van der Waals surface area contributed by atoms with Crippen molar-refractivity contribution in [3.63, 3.8) is 0 Å². The smallest absolute Gasteiger partial charge is 0.325 e. The largest absolute Gasteiger partial charge is 0.329 e. The zero-order chi connectivity index (χ0) is 11.5. The summed E-state index contributed by atoms with van der Waals surface area (Å²) in [5.41, 5.74) is 6.03. The number of nitrogens with zero attached hydrogens (tertiary/aromatic N) is 3. The lowest BCUT2D eigenvalue weighted by molar-refractivity contribution is -0.120. The summed E-state index contributed by atoms with van der Waals surface area (Å²) in [5, 5.41) is 2.21. The molecule has 0 aliphatic carbocycles. The van der Waals surface area contributed by atoms with Gasteiger partial charge in [0.25, 0.3) is 0 Å². The van der Waals surface area contributed by atoms with Gasteiger partial charge in [0.1, 0.15) is 0 Å². The van der Waals surface area contributed by atoms with Crippen molar-refractivity contribution in [2.45, 2.75) is 13.0 Å². The SMILES string of the molecule is NCc1cncc(N2CCC(=O)NC2=O)n1. The van der Waals surface area contributed by atoms with E-state index in [-0.39, 0.29) is 18.9 Å². The molecule has 0 unspecified atom stereocenters. The van der Waals surface area contributed by atoms with E-state index in [1.165, 1.54) is 17.3 Å². The molecule has 1 aliphatic heterocycles. The molecule has 84 valence electrons. The summed E-state index contributed by atoms with van der Waals surface area (Å²) in [4.78, 5) is 31.9. The lowest BCUT2D eigenvalue weighted by atomic mass is 10.3. The van der Waals surface area contributed by atoms with Gasteiger partial charge in [-0.3, -0.25) is 20.0 Å². The Labute approximate surface area is 91.7 Å². The second-order valence-corrected chi connectivity index (χ2v) is 3.33. The van der Waals surface area contributed by atoms with Gasteiger partial charge in [-0.05, 0) is 0 Å². The Morgan fingerprint density at radius 1 is 1.44 bits per heavy atom. The fraction of sp³-hybridized carbons (Fsp3) is 0.333. The van der Waals surface area contributed by atoms with E-state index in [1.807, 2.05) is 0 Å². The number of amides is 3. The molecule has 1 aromatic rings. The zero-order valence-corrected chi connectivity index (χ0v) is 8.51. The molecule has 7 nitrogen and oxygen atoms in total. The first-order valence-corrected chi connectivity index (χ1v) is 4.83. The monoisotopic (exact) mass is 221 g/mol. The third-order valence-electron chi connectivity index (χ3n) is 2.21. The van der Waals surface area contributed by atoms with E-state index in [0.717, 1.165) is 0 Å². The lowest BCUT2D eigenvalue weighted by Crippen LogP contribution is -2.50. The van der Waals surface area contributed by atoms with E-state index in [4.69, 9.17) is 5.73 Å². The van der Waals surface area contributed by atoms with Crippen LogP contribution in [0.5, 0.6) is 0 Å². The summed E-state index contributed by atoms with van der Waals surface area (Å²) in [6, 6.07) is -0.472. The van der Waals surface area contributed by atoms with Crippen molar-refractivity contribution < 1.29 is 9.59 Å². The minimum atomic E-state index is -0.472. The fourth-order valence-corrected chi connectivity index (χ4v) is 1.41. The Balaban J connectivity index is 2.23. The highest BCUT2D eigenvalue weighted by molar-refractivity contribution is 6.05. The minimum Gasteiger partial charge on any atom is -0.325 e. The summed E-state index contributed by atoms with van der Waals surface area (Å²) in [5.74, 6) is 0.136. The van der Waals surface area contributed by atoms with E-state index in [0.29, 0.717) is 18.1 Å². The highest BCUT2D eigenvalue weighted by atomic mass is 16.2. The number of rotatable bonds is 2. The number of anilines is 1. The average Bonchev–Trinajstić information content (AvgIpc) is 2.29. The Morgan fingerprint density at radius 2 is 2.25 bits per heavy atom. The molecular weight excluding hydrogens is 210 g/mol. The molecule has 1 fully saturated rings. The predicted molar refractivity (Wildman–Crippen MR) is 55.4 cm³/mol. The number of imide groups is 1. The molecule has 0 aromatic carbocycles. The number of carbonyl (C=O) groups excluding carboxylic acids is 2. The van der Waals surface area contributed by atoms with Gasteiger partial charge in [-0.15, -0.1) is 0 Å². The second kappa shape index (κ2) is 4.23. The zero-order valence-electron chi connectivity index (χ0n) is 8.51. The van der Waals surface area contributed by atoms with Crippen molar-refractivity contribution in [3.05, 3.63) is 18.1 Å². The molecule has 7 heteroatoms. The van der Waals surface area contributed by atoms with Gasteiger partial charge in [-0.25, -0.2) is 9.78 Å². The van der Waals surface area contributed by atoms with Gasteiger partial charge in [0.15, 0.2) is 5.82 Å². The normalized spacial score (nSPS) is 16.2. The minimum absolute atomic E-state index is 0.259. The van der Waals surface area contributed by atoms with E-state index >= 15 is 0 Å². The van der Waals surface area contributed by atoms with Crippen LogP contribution >= 0.6 is 0 Å². The van der Waals surface area contributed by atoms with Gasteiger partial charge < -0.3 is 5.73 Å². The van der Waals surface area contributed by atoms with Crippen LogP contribution in [-0.4, -0.2) is 28.5 Å². The third-order valence-corrected chi connectivity index (χ3v) is 2.21. The molecule has 0 spiro atoms. The number of hydrogen-bond donors (Lipinski definition) is 2. The van der Waals surface area contributed by atoms with Gasteiger partial charge in [-0.2, -0.15) is 0 Å². The molecule has 1 saturated heterocycles. The number of urea groups is 1. The standard InChI is InChI=1S/C9H11N5O2/c10-3-6-4-11-5-7(12-6)14-2-1-8(15)13-9(14)16/h4-5H,1-3,10H2,(H,13,15,16). The summed E-state index contributed by atoms with van der Waals surface area (Å²) >= 11 is 0. The fourth-order valence-electron chi connectivity index (χ4n) is 1.41. The van der Waals surface area contributed by atoms with Gasteiger partial charge in [0.2, 0.25) is 5.91 Å². The van der Waals surface area contributed by atoms with Gasteiger partial charge >= 0.3 is 6.03 Å². The number of nitrogens with one attached hydrogen (secondary N) is 1. The topological polar surface area (TPSA) is 101 Å². The van der Waals surface area contributed by atoms with E-state index in [1.54, 1.807) is 0 Å². The maximum Gasteiger partial charge on any atom is 0.329 e. The van der Waals surface area contributed by atoms with Crippen LogP contribution in [-0.2, 0) is 11.3 Å². The molecule has 16 heavy (non-hydrogen) atoms. The first kappa shape index (κ1) is 10.5. The molecule has 0 bridgehead atoms. The molecule has 3 amide bonds. The number of carbonyl (C=O) groups is 2. The van der Waals surface area contributed by atoms with Crippen LogP contribution in [0.15, 0.2) is 12.4 Å². The van der Waals surface area contributed by atoms with Gasteiger partial charge in [0.05, 0.1) is 11.9 Å². The highest BCUT2D eigenvalue weighted by Crippen LogP contribution is 2.12. The van der Waals surface area contributed by atoms with E-state index in [2.05, 4.69) is 15.3 Å². The molecule has 0 atom stereocenters. The van der Waals surface area contributed by atoms with Crippen LogP contribution in [0.25, 0.3) is 0 Å². The molecule has 0 saturated carbocycles. The highest BCUT2D eigenvalue weighted by Gasteiger charge is 2.25. The maximum absolute atomic E-state index is 11.5. The molecule has 1 aromatic heterocycles. The maximum atomic E-state index is 11.5. The van der Waals surface area contributed by atoms with Crippen LogP contribution in [0.1, 0.15) is 12.1 Å². The first-order chi connectivity index (χ1) is 7.70. The van der Waals surface area contributed by atoms with Crippen LogP contribution < -0.4 is 16.0 Å². The third kappa shape index (κ3) is 1.98. The van der Waals surface area contributed by atoms with E-state index < -0.39 is 6.03 Å². The summed E-state index contributed by atoms with van der Waals surface area (Å²) in [6.45, 7) is 0.572. The van der Waals surface area contributed by atoms with Gasteiger partial charge in [0, 0.05) is 25.7 Å². The Kier molecular flexibility index (Phi) is 2.78. The van der Waals surface area contributed by atoms with Crippen molar-refractivity contribution in [2.75, 3.05) is 11.4 Å². The number of aromatic nitrogens is 2. The quantitative estimate of drug-likeness (QED) is 0.693. The van der Waals surface area contributed by atoms with Crippen LogP contribution in [0.2, 0.25) is 0 Å². The second-order valence-electron chi connectivity index (χ2n) is 3.33. The molecule has 3 N–H and O–H groups in total. The van der Waals surface area contributed by atoms with Crippen molar-refractivity contribution in [3.8, 4) is 0 Å². The molecule has 1 aliphatic rings. The number of hydrogen-bond acceptors (Lipinski definition) is 5. The van der Waals surface area contributed by atoms with Crippen LogP contribution in [0, 0.1) is 0 Å². The van der Waals surface area contributed by atoms with Crippen molar-refractivity contribution in [1.82, 2.24) is 15.3 Å². The molecular formula is C9H11N5O2. The van der Waals surface area contributed by atoms with Crippen molar-refractivity contribution in [2.24, 2.45) is 5.73 Å². The average molecular weight is 221 g/mol. The molecule has 2 rings (SSSR count). The lowest BCUT2D eigenvalue weighted by Gasteiger charge is -2.25. The number of nitrogens with two attached hydrogens (primary N) is 1. The van der Waals surface area contributed by atoms with Crippen LogP contribution in [0.3, 0.4) is 0 Å². The van der Waals surface area contributed by atoms with Crippen molar-refractivity contribution >= 4 is 17.8 Å². The molecule has 0 radical (unpaired) electrons. The van der Waals surface area contributed by atoms with Crippen LogP contribution in [0.4, 0.5) is 10.6 Å². The summed E-state index contributed by atoms with van der Waals surface area (Å²) in [6.07, 6.45) is 3.27. The Bertz CT molecular complexity index is 434. The Hall–Kier alpha value is -2.02.